The second kappa shape index (κ2) is 10.4. The van der Waals surface area contributed by atoms with Gasteiger partial charge in [-0.15, -0.1) is 0 Å². The van der Waals surface area contributed by atoms with E-state index in [9.17, 15) is 18.0 Å². The predicted molar refractivity (Wildman–Crippen MR) is 127 cm³/mol. The van der Waals surface area contributed by atoms with Gasteiger partial charge in [0.2, 0.25) is 0 Å². The Balaban J connectivity index is 1.73. The van der Waals surface area contributed by atoms with Crippen LogP contribution in [-0.2, 0) is 12.6 Å². The summed E-state index contributed by atoms with van der Waals surface area (Å²) < 4.78 is 62.2. The van der Waals surface area contributed by atoms with Crippen LogP contribution in [0.3, 0.4) is 0 Å². The number of carbonyl (C=O) groups is 1. The van der Waals surface area contributed by atoms with Crippen molar-refractivity contribution in [1.82, 2.24) is 4.90 Å². The van der Waals surface area contributed by atoms with Gasteiger partial charge in [0.1, 0.15) is 6.61 Å². The summed E-state index contributed by atoms with van der Waals surface area (Å²) in [6, 6.07) is 14.6. The van der Waals surface area contributed by atoms with Gasteiger partial charge in [0.25, 0.3) is 5.91 Å². The normalized spacial score (nSPS) is 15.2. The van der Waals surface area contributed by atoms with Crippen molar-refractivity contribution in [3.05, 3.63) is 82.9 Å². The van der Waals surface area contributed by atoms with E-state index in [2.05, 4.69) is 0 Å². The Morgan fingerprint density at radius 1 is 0.889 bits per heavy atom. The van der Waals surface area contributed by atoms with Gasteiger partial charge in [-0.25, -0.2) is 0 Å². The highest BCUT2D eigenvalue weighted by Gasteiger charge is 2.35. The van der Waals surface area contributed by atoms with Gasteiger partial charge in [-0.3, -0.25) is 4.79 Å². The van der Waals surface area contributed by atoms with Gasteiger partial charge in [-0.2, -0.15) is 13.2 Å². The van der Waals surface area contributed by atoms with Crippen LogP contribution < -0.4 is 18.9 Å². The zero-order chi connectivity index (χ0) is 25.9. The zero-order valence-electron chi connectivity index (χ0n) is 20.1. The van der Waals surface area contributed by atoms with Crippen molar-refractivity contribution in [2.75, 3.05) is 34.5 Å². The van der Waals surface area contributed by atoms with Crippen LogP contribution in [-0.4, -0.2) is 45.3 Å². The molecule has 0 fully saturated rings. The van der Waals surface area contributed by atoms with Gasteiger partial charge in [-0.05, 0) is 60.0 Å². The van der Waals surface area contributed by atoms with Crippen molar-refractivity contribution in [3.63, 3.8) is 0 Å². The van der Waals surface area contributed by atoms with Crippen molar-refractivity contribution in [1.29, 1.82) is 0 Å². The van der Waals surface area contributed by atoms with Crippen molar-refractivity contribution >= 4 is 5.91 Å². The molecule has 3 aromatic carbocycles. The molecule has 0 radical (unpaired) electrons. The fourth-order valence-corrected chi connectivity index (χ4v) is 4.35. The number of methoxy groups -OCH3 is 3. The van der Waals surface area contributed by atoms with E-state index in [1.54, 1.807) is 36.3 Å². The summed E-state index contributed by atoms with van der Waals surface area (Å²) in [7, 11) is 4.58. The van der Waals surface area contributed by atoms with Crippen LogP contribution in [0.1, 0.15) is 33.1 Å². The molecule has 0 bridgehead atoms. The minimum atomic E-state index is -4.55. The standard InChI is InChI=1S/C27H26F3NO5/c1-33-22-9-4-5-10-23(22)36-16-21-20-15-25(35-3)24(34-2)14-17(20)11-12-31(21)26(32)18-7-6-8-19(13-18)27(28,29)30/h4-10,13-15,21H,11-12,16H2,1-3H3/t21-/m1/s1. The molecule has 1 aliphatic heterocycles. The number of para-hydroxylation sites is 2. The van der Waals surface area contributed by atoms with Crippen LogP contribution >= 0.6 is 0 Å². The van der Waals surface area contributed by atoms with Gasteiger partial charge < -0.3 is 23.8 Å². The lowest BCUT2D eigenvalue weighted by Crippen LogP contribution is -2.42. The number of benzene rings is 3. The van der Waals surface area contributed by atoms with Crippen molar-refractivity contribution in [2.45, 2.75) is 18.6 Å². The molecule has 1 amide bonds. The fourth-order valence-electron chi connectivity index (χ4n) is 4.35. The molecule has 0 saturated heterocycles. The second-order valence-corrected chi connectivity index (χ2v) is 8.21. The summed E-state index contributed by atoms with van der Waals surface area (Å²) in [4.78, 5) is 15.1. The van der Waals surface area contributed by atoms with Crippen LogP contribution in [0.4, 0.5) is 13.2 Å². The van der Waals surface area contributed by atoms with E-state index in [-0.39, 0.29) is 18.7 Å². The molecule has 9 heteroatoms. The predicted octanol–water partition coefficient (Wildman–Crippen LogP) is 5.55. The highest BCUT2D eigenvalue weighted by molar-refractivity contribution is 5.95. The lowest BCUT2D eigenvalue weighted by atomic mass is 9.91. The number of ether oxygens (including phenoxy) is 4. The van der Waals surface area contributed by atoms with Crippen LogP contribution in [0.2, 0.25) is 0 Å². The van der Waals surface area contributed by atoms with E-state index >= 15 is 0 Å². The van der Waals surface area contributed by atoms with E-state index in [0.717, 1.165) is 23.3 Å². The maximum atomic E-state index is 13.5. The van der Waals surface area contributed by atoms with Crippen LogP contribution in [0.25, 0.3) is 0 Å². The lowest BCUT2D eigenvalue weighted by molar-refractivity contribution is -0.137. The molecule has 0 aliphatic carbocycles. The number of rotatable bonds is 7. The molecule has 0 saturated carbocycles. The van der Waals surface area contributed by atoms with Crippen LogP contribution in [0.5, 0.6) is 23.0 Å². The van der Waals surface area contributed by atoms with Crippen molar-refractivity contribution in [3.8, 4) is 23.0 Å². The minimum absolute atomic E-state index is 0.0453. The number of halogens is 3. The van der Waals surface area contributed by atoms with E-state index in [4.69, 9.17) is 18.9 Å². The Bertz CT molecular complexity index is 1240. The zero-order valence-corrected chi connectivity index (χ0v) is 20.1. The molecule has 6 nitrogen and oxygen atoms in total. The van der Waals surface area contributed by atoms with Gasteiger partial charge >= 0.3 is 6.18 Å². The molecule has 1 aliphatic rings. The summed E-state index contributed by atoms with van der Waals surface area (Å²) in [6.07, 6.45) is -4.06. The van der Waals surface area contributed by atoms with Crippen molar-refractivity contribution in [2.24, 2.45) is 0 Å². The fraction of sp³-hybridized carbons (Fsp3) is 0.296. The van der Waals surface area contributed by atoms with Crippen LogP contribution in [0, 0.1) is 0 Å². The van der Waals surface area contributed by atoms with Gasteiger partial charge in [0.05, 0.1) is 32.9 Å². The minimum Gasteiger partial charge on any atom is -0.493 e. The van der Waals surface area contributed by atoms with E-state index in [0.29, 0.717) is 29.4 Å². The molecule has 1 heterocycles. The quantitative estimate of drug-likeness (QED) is 0.425. The Hall–Kier alpha value is -3.88. The lowest BCUT2D eigenvalue weighted by Gasteiger charge is -2.38. The third kappa shape index (κ3) is 5.05. The average molecular weight is 502 g/mol. The molecule has 36 heavy (non-hydrogen) atoms. The molecule has 0 spiro atoms. The maximum absolute atomic E-state index is 13.5. The largest absolute Gasteiger partial charge is 0.493 e. The molecule has 3 aromatic rings. The summed E-state index contributed by atoms with van der Waals surface area (Å²) >= 11 is 0. The van der Waals surface area contributed by atoms with Gasteiger partial charge in [0, 0.05) is 12.1 Å². The van der Waals surface area contributed by atoms with E-state index in [1.807, 2.05) is 12.1 Å². The Morgan fingerprint density at radius 3 is 2.22 bits per heavy atom. The number of alkyl halides is 3. The Kier molecular flexibility index (Phi) is 7.28. The molecule has 1 atom stereocenters. The first-order valence-electron chi connectivity index (χ1n) is 11.3. The molecule has 0 aromatic heterocycles. The average Bonchev–Trinajstić information content (AvgIpc) is 2.90. The summed E-state index contributed by atoms with van der Waals surface area (Å²) in [5, 5.41) is 0. The molecular weight excluding hydrogens is 475 g/mol. The number of carbonyl (C=O) groups excluding carboxylic acids is 1. The molecule has 4 rings (SSSR count). The number of nitrogens with zero attached hydrogens (tertiary/aromatic N) is 1. The van der Waals surface area contributed by atoms with Gasteiger partial charge in [0.15, 0.2) is 23.0 Å². The number of hydrogen-bond acceptors (Lipinski definition) is 5. The summed E-state index contributed by atoms with van der Waals surface area (Å²) in [5.74, 6) is 1.52. The highest BCUT2D eigenvalue weighted by Crippen LogP contribution is 2.40. The number of hydrogen-bond donors (Lipinski definition) is 0. The molecule has 190 valence electrons. The first kappa shape index (κ1) is 25.2. The van der Waals surface area contributed by atoms with Crippen LogP contribution in [0.15, 0.2) is 60.7 Å². The first-order chi connectivity index (χ1) is 17.3. The number of fused-ring (bicyclic) bond motifs is 1. The molecular formula is C27H26F3NO5. The SMILES string of the molecule is COc1cc2c(cc1OC)[C@@H](COc1ccccc1OC)N(C(=O)c1cccc(C(F)(F)F)c1)CC2. The topological polar surface area (TPSA) is 57.2 Å². The van der Waals surface area contributed by atoms with Gasteiger partial charge in [-0.1, -0.05) is 18.2 Å². The summed E-state index contributed by atoms with van der Waals surface area (Å²) in [5.41, 5.74) is 0.790. The number of amides is 1. The smallest absolute Gasteiger partial charge is 0.416 e. The summed E-state index contributed by atoms with van der Waals surface area (Å²) in [6.45, 7) is 0.338. The van der Waals surface area contributed by atoms with E-state index in [1.165, 1.54) is 26.4 Å². The third-order valence-corrected chi connectivity index (χ3v) is 6.17. The molecule has 0 N–H and O–H groups in total. The second-order valence-electron chi connectivity index (χ2n) is 8.21. The van der Waals surface area contributed by atoms with E-state index < -0.39 is 23.7 Å². The van der Waals surface area contributed by atoms with Crippen molar-refractivity contribution < 1.29 is 36.9 Å². The Morgan fingerprint density at radius 2 is 1.56 bits per heavy atom. The Labute approximate surface area is 207 Å². The maximum Gasteiger partial charge on any atom is 0.416 e. The monoisotopic (exact) mass is 501 g/mol. The molecule has 0 unspecified atom stereocenters. The first-order valence-corrected chi connectivity index (χ1v) is 11.3. The highest BCUT2D eigenvalue weighted by atomic mass is 19.4. The third-order valence-electron chi connectivity index (χ3n) is 6.17.